The zero-order valence-electron chi connectivity index (χ0n) is 36.2. The Hall–Kier alpha value is -3.74. The molecular formula is C42H73N3O14. The fraction of sp³-hybridized carbons (Fsp3) is 0.762. The van der Waals surface area contributed by atoms with Crippen LogP contribution in [0.4, 0.5) is 0 Å². The van der Waals surface area contributed by atoms with Crippen LogP contribution in [0.25, 0.3) is 0 Å². The Balaban J connectivity index is 0.000000945. The first-order chi connectivity index (χ1) is 27.3. The molecule has 3 rings (SSSR count). The van der Waals surface area contributed by atoms with Gasteiger partial charge in [0.15, 0.2) is 18.0 Å². The van der Waals surface area contributed by atoms with Crippen LogP contribution < -0.4 is 10.6 Å². The van der Waals surface area contributed by atoms with Gasteiger partial charge >= 0.3 is 11.9 Å². The number of Topliss-reactive ketones (excluding diaryl/α,β-unsaturated/α-hetero) is 1. The van der Waals surface area contributed by atoms with E-state index in [1.807, 2.05) is 20.8 Å². The number of amides is 2. The molecule has 0 spiro atoms. The van der Waals surface area contributed by atoms with E-state index in [1.54, 1.807) is 13.8 Å². The van der Waals surface area contributed by atoms with E-state index in [4.69, 9.17) is 43.0 Å². The summed E-state index contributed by atoms with van der Waals surface area (Å²) in [6.07, 6.45) is -0.380. The smallest absolute Gasteiger partial charge is 0.302 e. The first-order valence-corrected chi connectivity index (χ1v) is 19.9. The van der Waals surface area contributed by atoms with Gasteiger partial charge in [-0.25, -0.2) is 4.99 Å². The van der Waals surface area contributed by atoms with E-state index in [-0.39, 0.29) is 112 Å². The number of nitrogens with one attached hydrogen (secondary N) is 2. The number of allylic oxidation sites excluding steroid dienone is 1. The Morgan fingerprint density at radius 2 is 1.34 bits per heavy atom. The molecule has 17 heteroatoms. The van der Waals surface area contributed by atoms with Crippen molar-refractivity contribution >= 4 is 35.4 Å². The van der Waals surface area contributed by atoms with Crippen molar-refractivity contribution < 1.29 is 67.0 Å². The summed E-state index contributed by atoms with van der Waals surface area (Å²) in [7, 11) is 0. The molecule has 17 nitrogen and oxygen atoms in total. The van der Waals surface area contributed by atoms with Gasteiger partial charge in [0, 0.05) is 52.8 Å². The van der Waals surface area contributed by atoms with Crippen LogP contribution in [0.2, 0.25) is 0 Å². The number of esters is 2. The predicted octanol–water partition coefficient (Wildman–Crippen LogP) is 3.70. The van der Waals surface area contributed by atoms with Crippen molar-refractivity contribution in [3.63, 3.8) is 0 Å². The standard InChI is InChI=1S/C21H35NO7.C12H19NO4.C8H15NO3.CH4/c1-13(2)18(25)8-7-9-26-10-11-27-21-20(22-16(5)23)15(4)14(3)19(29-21)12-28-17(6)24;1-6-7(2)11-12(16-8(3)13-11)17-10(6)5-15-9(4)14;1-7(2)8(11)9-3-5-12-6-4-10;/h14-15,19-21H,1,7-12H2,2-6H3,(H,22,23);6-7,10-12H,5H2,1-4H3;10H,1,3-6H2,2H3,(H,9,11);1H4/t14-,15-,19?,20?,21+;6-,7-,10?,11?,12+;;/m00../s1. The second kappa shape index (κ2) is 29.5. The number of aliphatic hydroxyl groups is 1. The minimum absolute atomic E-state index is 0. The Morgan fingerprint density at radius 1 is 0.763 bits per heavy atom. The maximum Gasteiger partial charge on any atom is 0.302 e. The third-order valence-corrected chi connectivity index (χ3v) is 9.85. The number of hydrogen-bond acceptors (Lipinski definition) is 15. The third kappa shape index (κ3) is 21.4. The number of ether oxygens (including phenoxy) is 8. The number of hydrogen-bond donors (Lipinski definition) is 3. The number of ketones is 1. The van der Waals surface area contributed by atoms with E-state index in [0.29, 0.717) is 68.8 Å². The highest BCUT2D eigenvalue weighted by Gasteiger charge is 2.46. The summed E-state index contributed by atoms with van der Waals surface area (Å²) in [6.45, 7) is 27.4. The molecule has 0 aromatic carbocycles. The van der Waals surface area contributed by atoms with Gasteiger partial charge in [0.2, 0.25) is 18.1 Å². The van der Waals surface area contributed by atoms with Gasteiger partial charge in [-0.1, -0.05) is 48.3 Å². The molecular weight excluding hydrogens is 770 g/mol. The van der Waals surface area contributed by atoms with Crippen LogP contribution in [0.15, 0.2) is 29.3 Å². The minimum Gasteiger partial charge on any atom is -0.463 e. The topological polar surface area (TPSA) is 216 Å². The van der Waals surface area contributed by atoms with Crippen LogP contribution in [0.3, 0.4) is 0 Å². The molecule has 10 atom stereocenters. The van der Waals surface area contributed by atoms with Gasteiger partial charge in [0.25, 0.3) is 0 Å². The Bertz CT molecular complexity index is 1370. The van der Waals surface area contributed by atoms with Crippen molar-refractivity contribution in [3.8, 4) is 0 Å². The van der Waals surface area contributed by atoms with E-state index in [9.17, 15) is 24.0 Å². The zero-order chi connectivity index (χ0) is 43.9. The van der Waals surface area contributed by atoms with Gasteiger partial charge in [0.1, 0.15) is 19.3 Å². The van der Waals surface area contributed by atoms with Crippen molar-refractivity contribution in [2.45, 2.75) is 126 Å². The van der Waals surface area contributed by atoms with Gasteiger partial charge < -0.3 is 53.6 Å². The summed E-state index contributed by atoms with van der Waals surface area (Å²) in [5, 5.41) is 13.8. The Morgan fingerprint density at radius 3 is 1.88 bits per heavy atom. The quantitative estimate of drug-likeness (QED) is 0.0906. The van der Waals surface area contributed by atoms with Gasteiger partial charge in [-0.2, -0.15) is 0 Å². The number of fused-ring (bicyclic) bond motifs is 1. The molecule has 4 unspecified atom stereocenters. The molecule has 0 saturated carbocycles. The molecule has 0 aromatic rings. The van der Waals surface area contributed by atoms with E-state index in [0.717, 1.165) is 0 Å². The van der Waals surface area contributed by atoms with Crippen molar-refractivity contribution in [2.24, 2.45) is 28.7 Å². The second-order valence-corrected chi connectivity index (χ2v) is 14.8. The monoisotopic (exact) mass is 844 g/mol. The highest BCUT2D eigenvalue weighted by Crippen LogP contribution is 2.36. The van der Waals surface area contributed by atoms with Crippen molar-refractivity contribution in [1.29, 1.82) is 0 Å². The lowest BCUT2D eigenvalue weighted by Crippen LogP contribution is -2.58. The first-order valence-electron chi connectivity index (χ1n) is 19.9. The normalized spacial score (nSPS) is 26.6. The molecule has 2 amide bonds. The Labute approximate surface area is 351 Å². The van der Waals surface area contributed by atoms with Crippen LogP contribution >= 0.6 is 0 Å². The van der Waals surface area contributed by atoms with Crippen molar-refractivity contribution in [3.05, 3.63) is 24.3 Å². The summed E-state index contributed by atoms with van der Waals surface area (Å²) in [4.78, 5) is 60.3. The summed E-state index contributed by atoms with van der Waals surface area (Å²) in [5.74, 6) is 0.503. The predicted molar refractivity (Wildman–Crippen MR) is 221 cm³/mol. The highest BCUT2D eigenvalue weighted by molar-refractivity contribution is 5.94. The molecule has 0 radical (unpaired) electrons. The third-order valence-electron chi connectivity index (χ3n) is 9.85. The highest BCUT2D eigenvalue weighted by atomic mass is 16.7. The van der Waals surface area contributed by atoms with E-state index in [1.165, 1.54) is 20.8 Å². The van der Waals surface area contributed by atoms with E-state index >= 15 is 0 Å². The zero-order valence-corrected chi connectivity index (χ0v) is 36.2. The Kier molecular flexibility index (Phi) is 27.6. The molecule has 3 N–H and O–H groups in total. The molecule has 3 aliphatic rings. The van der Waals surface area contributed by atoms with Gasteiger partial charge in [-0.05, 0) is 49.5 Å². The second-order valence-electron chi connectivity index (χ2n) is 14.8. The number of aliphatic hydroxyl groups excluding tert-OH is 1. The lowest BCUT2D eigenvalue weighted by molar-refractivity contribution is -0.246. The van der Waals surface area contributed by atoms with E-state index < -0.39 is 6.29 Å². The average molecular weight is 844 g/mol. The molecule has 2 fully saturated rings. The SMILES string of the molecule is C.C=C(C)C(=O)CCCOCCO[C@@H]1OC(COC(C)=O)[C@@H](C)[C@H](C)C1NC(C)=O.C=C(C)C(=O)NCCOCCO.CC(=O)OCC1O[C@H]2OC(C)=NC2[C@@H](C)[C@@H]1C. The number of nitrogens with zero attached hydrogens (tertiary/aromatic N) is 1. The minimum atomic E-state index is -0.667. The van der Waals surface area contributed by atoms with Crippen LogP contribution in [-0.2, 0) is 61.9 Å². The fourth-order valence-corrected chi connectivity index (χ4v) is 6.04. The number of carbonyl (C=O) groups is 5. The molecule has 0 aromatic heterocycles. The maximum absolute atomic E-state index is 11.6. The van der Waals surface area contributed by atoms with Crippen LogP contribution in [-0.4, -0.2) is 137 Å². The number of carbonyl (C=O) groups excluding carboxylic acids is 5. The summed E-state index contributed by atoms with van der Waals surface area (Å²) in [5.41, 5.74) is 1.04. The summed E-state index contributed by atoms with van der Waals surface area (Å²) in [6, 6.07) is -0.247. The molecule has 2 saturated heterocycles. The van der Waals surface area contributed by atoms with Crippen LogP contribution in [0, 0.1) is 23.7 Å². The largest absolute Gasteiger partial charge is 0.463 e. The average Bonchev–Trinajstić information content (AvgIpc) is 3.54. The first kappa shape index (κ1) is 55.3. The van der Waals surface area contributed by atoms with Gasteiger partial charge in [-0.15, -0.1) is 0 Å². The fourth-order valence-electron chi connectivity index (χ4n) is 6.04. The molecule has 3 heterocycles. The molecule has 3 aliphatic heterocycles. The molecule has 59 heavy (non-hydrogen) atoms. The maximum atomic E-state index is 11.6. The number of aliphatic imine (C=N–C) groups is 1. The number of rotatable bonds is 20. The molecule has 0 bridgehead atoms. The van der Waals surface area contributed by atoms with E-state index in [2.05, 4.69) is 42.6 Å². The lowest BCUT2D eigenvalue weighted by atomic mass is 9.82. The summed E-state index contributed by atoms with van der Waals surface area (Å²) < 4.78 is 43.7. The van der Waals surface area contributed by atoms with Crippen LogP contribution in [0.1, 0.15) is 89.5 Å². The van der Waals surface area contributed by atoms with Gasteiger partial charge in [-0.3, -0.25) is 24.0 Å². The van der Waals surface area contributed by atoms with Crippen LogP contribution in [0.5, 0.6) is 0 Å². The summed E-state index contributed by atoms with van der Waals surface area (Å²) >= 11 is 0. The molecule has 0 aliphatic carbocycles. The van der Waals surface area contributed by atoms with Crippen molar-refractivity contribution in [2.75, 3.05) is 59.4 Å². The van der Waals surface area contributed by atoms with Gasteiger partial charge in [0.05, 0.1) is 51.3 Å². The molecule has 340 valence electrons. The lowest BCUT2D eigenvalue weighted by Gasteiger charge is -2.44. The van der Waals surface area contributed by atoms with Crippen molar-refractivity contribution in [1.82, 2.24) is 10.6 Å².